The van der Waals surface area contributed by atoms with Crippen molar-refractivity contribution in [2.45, 2.75) is 64.9 Å². The van der Waals surface area contributed by atoms with Gasteiger partial charge in [-0.25, -0.2) is 4.79 Å². The molecule has 2 rings (SSSR count). The number of benzene rings is 1. The zero-order chi connectivity index (χ0) is 20.8. The molecule has 1 aliphatic heterocycles. The average Bonchev–Trinajstić information content (AvgIpc) is 2.96. The van der Waals surface area contributed by atoms with E-state index in [1.54, 1.807) is 4.90 Å². The molecule has 28 heavy (non-hydrogen) atoms. The van der Waals surface area contributed by atoms with Crippen molar-refractivity contribution in [1.82, 2.24) is 15.5 Å². The standard InChI is InChI=1S/C21H33N3O4/c1-13(2)10-11-24-19(14(3)4)23-17(20(24)26)18(25)16(22-21(27)28)12-15-8-6-5-7-9-15/h5-9,13-14,16-19,22-23,25H,10-12H2,1-4H3,(H,27,28)/t16-,17-,18+,19?/m0/s1. The smallest absolute Gasteiger partial charge is 0.404 e. The molecule has 0 saturated carbocycles. The van der Waals surface area contributed by atoms with Crippen LogP contribution in [0.4, 0.5) is 4.79 Å². The zero-order valence-electron chi connectivity index (χ0n) is 17.1. The van der Waals surface area contributed by atoms with Gasteiger partial charge in [0.1, 0.15) is 6.04 Å². The quantitative estimate of drug-likeness (QED) is 0.516. The van der Waals surface area contributed by atoms with Crippen molar-refractivity contribution < 1.29 is 19.8 Å². The van der Waals surface area contributed by atoms with Gasteiger partial charge in [0.05, 0.1) is 18.3 Å². The van der Waals surface area contributed by atoms with E-state index in [9.17, 15) is 19.8 Å². The number of carbonyl (C=O) groups excluding carboxylic acids is 1. The lowest BCUT2D eigenvalue weighted by Crippen LogP contribution is -2.55. The summed E-state index contributed by atoms with van der Waals surface area (Å²) in [7, 11) is 0. The molecule has 7 heteroatoms. The summed E-state index contributed by atoms with van der Waals surface area (Å²) in [6.07, 6.45) is -1.39. The van der Waals surface area contributed by atoms with Gasteiger partial charge >= 0.3 is 6.09 Å². The Morgan fingerprint density at radius 3 is 2.39 bits per heavy atom. The minimum absolute atomic E-state index is 0.169. The van der Waals surface area contributed by atoms with Gasteiger partial charge in [-0.1, -0.05) is 58.0 Å². The zero-order valence-corrected chi connectivity index (χ0v) is 17.1. The van der Waals surface area contributed by atoms with Gasteiger partial charge in [0.2, 0.25) is 5.91 Å². The summed E-state index contributed by atoms with van der Waals surface area (Å²) in [5.74, 6) is 0.467. The lowest BCUT2D eigenvalue weighted by Gasteiger charge is -2.27. The monoisotopic (exact) mass is 391 g/mol. The minimum atomic E-state index is -1.22. The Bertz CT molecular complexity index is 650. The molecule has 1 aromatic carbocycles. The maximum atomic E-state index is 13.0. The van der Waals surface area contributed by atoms with E-state index in [0.29, 0.717) is 18.9 Å². The summed E-state index contributed by atoms with van der Waals surface area (Å²) in [6, 6.07) is 7.72. The molecule has 7 nitrogen and oxygen atoms in total. The Balaban J connectivity index is 2.18. The van der Waals surface area contributed by atoms with Crippen molar-refractivity contribution in [2.24, 2.45) is 11.8 Å². The highest BCUT2D eigenvalue weighted by Crippen LogP contribution is 2.23. The van der Waals surface area contributed by atoms with Crippen molar-refractivity contribution in [1.29, 1.82) is 0 Å². The molecular formula is C21H33N3O4. The number of nitrogens with zero attached hydrogens (tertiary/aromatic N) is 1. The third kappa shape index (κ3) is 5.69. The van der Waals surface area contributed by atoms with Gasteiger partial charge in [0.15, 0.2) is 0 Å². The normalized spacial score (nSPS) is 22.0. The van der Waals surface area contributed by atoms with Gasteiger partial charge < -0.3 is 20.4 Å². The van der Waals surface area contributed by atoms with Crippen LogP contribution in [0, 0.1) is 11.8 Å². The van der Waals surface area contributed by atoms with E-state index in [-0.39, 0.29) is 18.0 Å². The molecule has 0 aliphatic carbocycles. The topological polar surface area (TPSA) is 102 Å². The average molecular weight is 392 g/mol. The lowest BCUT2D eigenvalue weighted by molar-refractivity contribution is -0.132. The minimum Gasteiger partial charge on any atom is -0.465 e. The molecule has 1 aromatic rings. The Labute approximate surface area is 167 Å². The summed E-state index contributed by atoms with van der Waals surface area (Å²) in [4.78, 5) is 26.1. The summed E-state index contributed by atoms with van der Waals surface area (Å²) < 4.78 is 0. The number of rotatable bonds is 9. The molecule has 0 radical (unpaired) electrons. The summed E-state index contributed by atoms with van der Waals surface area (Å²) in [5.41, 5.74) is 0.891. The van der Waals surface area contributed by atoms with Crippen LogP contribution in [0.25, 0.3) is 0 Å². The molecular weight excluding hydrogens is 358 g/mol. The fraction of sp³-hybridized carbons (Fsp3) is 0.619. The number of nitrogens with one attached hydrogen (secondary N) is 2. The molecule has 1 fully saturated rings. The van der Waals surface area contributed by atoms with Gasteiger partial charge in [-0.2, -0.15) is 0 Å². The van der Waals surface area contributed by atoms with Crippen molar-refractivity contribution in [3.8, 4) is 0 Å². The first-order chi connectivity index (χ1) is 13.2. The van der Waals surface area contributed by atoms with E-state index < -0.39 is 24.3 Å². The van der Waals surface area contributed by atoms with E-state index in [2.05, 4.69) is 24.5 Å². The van der Waals surface area contributed by atoms with E-state index >= 15 is 0 Å². The Morgan fingerprint density at radius 2 is 1.86 bits per heavy atom. The van der Waals surface area contributed by atoms with E-state index in [0.717, 1.165) is 12.0 Å². The summed E-state index contributed by atoms with van der Waals surface area (Å²) >= 11 is 0. The molecule has 0 bridgehead atoms. The third-order valence-corrected chi connectivity index (χ3v) is 5.18. The summed E-state index contributed by atoms with van der Waals surface area (Å²) in [6.45, 7) is 8.89. The number of carboxylic acid groups (broad SMARTS) is 1. The number of amides is 2. The molecule has 0 aromatic heterocycles. The molecule has 1 aliphatic rings. The largest absolute Gasteiger partial charge is 0.465 e. The van der Waals surface area contributed by atoms with E-state index in [4.69, 9.17) is 0 Å². The van der Waals surface area contributed by atoms with Crippen molar-refractivity contribution in [3.05, 3.63) is 35.9 Å². The van der Waals surface area contributed by atoms with Crippen LogP contribution < -0.4 is 10.6 Å². The highest BCUT2D eigenvalue weighted by molar-refractivity contribution is 5.85. The van der Waals surface area contributed by atoms with Crippen LogP contribution in [-0.4, -0.2) is 58.0 Å². The van der Waals surface area contributed by atoms with Crippen molar-refractivity contribution >= 4 is 12.0 Å². The molecule has 1 unspecified atom stereocenters. The molecule has 1 heterocycles. The highest BCUT2D eigenvalue weighted by Gasteiger charge is 2.45. The van der Waals surface area contributed by atoms with Crippen LogP contribution in [0.5, 0.6) is 0 Å². The number of aliphatic hydroxyl groups excluding tert-OH is 1. The van der Waals surface area contributed by atoms with Gasteiger partial charge in [0, 0.05) is 6.54 Å². The second kappa shape index (κ2) is 9.89. The maximum absolute atomic E-state index is 13.0. The second-order valence-corrected chi connectivity index (χ2v) is 8.28. The molecule has 1 saturated heterocycles. The Morgan fingerprint density at radius 1 is 1.21 bits per heavy atom. The highest BCUT2D eigenvalue weighted by atomic mass is 16.4. The molecule has 0 spiro atoms. The van der Waals surface area contributed by atoms with E-state index in [1.165, 1.54) is 0 Å². The number of hydrogen-bond acceptors (Lipinski definition) is 4. The first-order valence-electron chi connectivity index (χ1n) is 9.98. The van der Waals surface area contributed by atoms with Gasteiger partial charge in [-0.3, -0.25) is 10.1 Å². The first-order valence-corrected chi connectivity index (χ1v) is 9.98. The number of hydrogen-bond donors (Lipinski definition) is 4. The van der Waals surface area contributed by atoms with Gasteiger partial charge in [0.25, 0.3) is 0 Å². The SMILES string of the molecule is CC(C)CCN1C(=O)[C@H]([C@H](O)[C@H](Cc2ccccc2)NC(=O)O)NC1C(C)C. The van der Waals surface area contributed by atoms with Gasteiger partial charge in [-0.05, 0) is 30.2 Å². The predicted octanol–water partition coefficient (Wildman–Crippen LogP) is 2.05. The molecule has 156 valence electrons. The van der Waals surface area contributed by atoms with Crippen LogP contribution in [0.2, 0.25) is 0 Å². The fourth-order valence-corrected chi connectivity index (χ4v) is 3.62. The Hall–Kier alpha value is -2.12. The first kappa shape index (κ1) is 22.2. The van der Waals surface area contributed by atoms with Crippen LogP contribution >= 0.6 is 0 Å². The second-order valence-electron chi connectivity index (χ2n) is 8.28. The van der Waals surface area contributed by atoms with Crippen molar-refractivity contribution in [3.63, 3.8) is 0 Å². The number of aliphatic hydroxyl groups is 1. The predicted molar refractivity (Wildman–Crippen MR) is 108 cm³/mol. The maximum Gasteiger partial charge on any atom is 0.404 e. The molecule has 2 amide bonds. The van der Waals surface area contributed by atoms with Crippen LogP contribution in [-0.2, 0) is 11.2 Å². The Kier molecular flexibility index (Phi) is 7.83. The van der Waals surface area contributed by atoms with Crippen LogP contribution in [0.15, 0.2) is 30.3 Å². The third-order valence-electron chi connectivity index (χ3n) is 5.18. The number of carbonyl (C=O) groups is 2. The van der Waals surface area contributed by atoms with E-state index in [1.807, 2.05) is 44.2 Å². The van der Waals surface area contributed by atoms with Crippen LogP contribution in [0.3, 0.4) is 0 Å². The van der Waals surface area contributed by atoms with Crippen molar-refractivity contribution in [2.75, 3.05) is 6.54 Å². The molecule has 4 atom stereocenters. The lowest BCUT2D eigenvalue weighted by atomic mass is 9.96. The molecule has 4 N–H and O–H groups in total. The fourth-order valence-electron chi connectivity index (χ4n) is 3.62. The van der Waals surface area contributed by atoms with Crippen LogP contribution in [0.1, 0.15) is 39.7 Å². The van der Waals surface area contributed by atoms with Gasteiger partial charge in [-0.15, -0.1) is 0 Å². The summed E-state index contributed by atoms with van der Waals surface area (Å²) in [5, 5.41) is 25.8.